The second-order valence-electron chi connectivity index (χ2n) is 6.22. The van der Waals surface area contributed by atoms with Crippen molar-refractivity contribution in [3.05, 3.63) is 87.9 Å². The van der Waals surface area contributed by atoms with E-state index in [0.717, 1.165) is 5.56 Å². The minimum Gasteiger partial charge on any atom is -0.309 e. The molecule has 2 aromatic heterocycles. The second kappa shape index (κ2) is 7.66. The number of anilines is 1. The molecule has 4 rings (SSSR count). The standard InChI is InChI=1S/C20H16ClN5O2/c21-15-7-5-14(6-8-15)12-26-18(9-10-23-26)24-19(27)13-25-17-4-2-1-3-16(17)22-11-20(25)28/h1-11H,12-13H2,(H,24,27). The minimum absolute atomic E-state index is 0.117. The zero-order valence-corrected chi connectivity index (χ0v) is 15.5. The fourth-order valence-corrected chi connectivity index (χ4v) is 3.06. The van der Waals surface area contributed by atoms with E-state index in [1.165, 1.54) is 10.8 Å². The molecule has 0 radical (unpaired) electrons. The number of hydrogen-bond acceptors (Lipinski definition) is 4. The van der Waals surface area contributed by atoms with Gasteiger partial charge in [0, 0.05) is 11.1 Å². The summed E-state index contributed by atoms with van der Waals surface area (Å²) in [4.78, 5) is 28.9. The highest BCUT2D eigenvalue weighted by Crippen LogP contribution is 2.14. The maximum Gasteiger partial charge on any atom is 0.269 e. The number of nitrogens with one attached hydrogen (secondary N) is 1. The number of fused-ring (bicyclic) bond motifs is 1. The molecule has 0 spiro atoms. The Kier molecular flexibility index (Phi) is 4.90. The Bertz CT molecular complexity index is 1200. The van der Waals surface area contributed by atoms with Gasteiger partial charge < -0.3 is 5.32 Å². The van der Waals surface area contributed by atoms with Crippen molar-refractivity contribution >= 4 is 34.4 Å². The van der Waals surface area contributed by atoms with Crippen molar-refractivity contribution < 1.29 is 4.79 Å². The highest BCUT2D eigenvalue weighted by molar-refractivity contribution is 6.30. The van der Waals surface area contributed by atoms with Gasteiger partial charge in [0.05, 0.1) is 30.0 Å². The molecule has 0 bridgehead atoms. The quantitative estimate of drug-likeness (QED) is 0.565. The lowest BCUT2D eigenvalue weighted by atomic mass is 10.2. The normalized spacial score (nSPS) is 10.9. The lowest BCUT2D eigenvalue weighted by Crippen LogP contribution is -2.28. The molecular formula is C20H16ClN5O2. The van der Waals surface area contributed by atoms with Crippen LogP contribution in [-0.4, -0.2) is 25.2 Å². The third-order valence-corrected chi connectivity index (χ3v) is 4.54. The van der Waals surface area contributed by atoms with E-state index in [1.807, 2.05) is 18.2 Å². The molecule has 4 aromatic rings. The number of rotatable bonds is 5. The van der Waals surface area contributed by atoms with Gasteiger partial charge in [-0.05, 0) is 29.8 Å². The first kappa shape index (κ1) is 17.9. The number of amides is 1. The van der Waals surface area contributed by atoms with Crippen LogP contribution in [-0.2, 0) is 17.9 Å². The molecule has 7 nitrogen and oxygen atoms in total. The van der Waals surface area contributed by atoms with Gasteiger partial charge in [-0.2, -0.15) is 5.10 Å². The number of halogens is 1. The lowest BCUT2D eigenvalue weighted by molar-refractivity contribution is -0.116. The number of carbonyl (C=O) groups excluding carboxylic acids is 1. The fourth-order valence-electron chi connectivity index (χ4n) is 2.93. The van der Waals surface area contributed by atoms with Crippen LogP contribution in [0.15, 0.2) is 71.8 Å². The van der Waals surface area contributed by atoms with E-state index in [0.29, 0.717) is 28.4 Å². The van der Waals surface area contributed by atoms with E-state index < -0.39 is 0 Å². The van der Waals surface area contributed by atoms with Gasteiger partial charge in [0.25, 0.3) is 5.56 Å². The van der Waals surface area contributed by atoms with Gasteiger partial charge in [-0.15, -0.1) is 0 Å². The summed E-state index contributed by atoms with van der Waals surface area (Å²) in [5.41, 5.74) is 1.94. The molecule has 1 amide bonds. The molecular weight excluding hydrogens is 378 g/mol. The van der Waals surface area contributed by atoms with Crippen LogP contribution in [0, 0.1) is 0 Å². The topological polar surface area (TPSA) is 81.8 Å². The van der Waals surface area contributed by atoms with Crippen molar-refractivity contribution in [3.8, 4) is 0 Å². The number of nitrogens with zero attached hydrogens (tertiary/aromatic N) is 4. The highest BCUT2D eigenvalue weighted by atomic mass is 35.5. The van der Waals surface area contributed by atoms with Crippen LogP contribution in [0.1, 0.15) is 5.56 Å². The van der Waals surface area contributed by atoms with Crippen LogP contribution in [0.5, 0.6) is 0 Å². The second-order valence-corrected chi connectivity index (χ2v) is 6.66. The van der Waals surface area contributed by atoms with Crippen LogP contribution >= 0.6 is 11.6 Å². The van der Waals surface area contributed by atoms with E-state index >= 15 is 0 Å². The molecule has 0 saturated carbocycles. The Hall–Kier alpha value is -3.45. The van der Waals surface area contributed by atoms with E-state index in [4.69, 9.17) is 11.6 Å². The van der Waals surface area contributed by atoms with Gasteiger partial charge in [-0.3, -0.25) is 14.2 Å². The summed E-state index contributed by atoms with van der Waals surface area (Å²) in [6.07, 6.45) is 2.83. The SMILES string of the molecule is O=C(Cn1c(=O)cnc2ccccc21)Nc1ccnn1Cc1ccc(Cl)cc1. The van der Waals surface area contributed by atoms with Gasteiger partial charge in [0.15, 0.2) is 0 Å². The van der Waals surface area contributed by atoms with Crippen molar-refractivity contribution in [2.45, 2.75) is 13.1 Å². The van der Waals surface area contributed by atoms with E-state index in [9.17, 15) is 9.59 Å². The van der Waals surface area contributed by atoms with E-state index in [-0.39, 0.29) is 18.0 Å². The number of aromatic nitrogens is 4. The summed E-state index contributed by atoms with van der Waals surface area (Å²) in [5.74, 6) is 0.225. The molecule has 2 heterocycles. The average Bonchev–Trinajstić information content (AvgIpc) is 3.12. The molecule has 2 aromatic carbocycles. The van der Waals surface area contributed by atoms with Crippen molar-refractivity contribution in [2.75, 3.05) is 5.32 Å². The molecule has 0 saturated heterocycles. The molecule has 0 atom stereocenters. The summed E-state index contributed by atoms with van der Waals surface area (Å²) < 4.78 is 3.08. The first-order chi connectivity index (χ1) is 13.6. The first-order valence-corrected chi connectivity index (χ1v) is 8.98. The number of para-hydroxylation sites is 2. The van der Waals surface area contributed by atoms with Gasteiger partial charge in [-0.1, -0.05) is 35.9 Å². The zero-order chi connectivity index (χ0) is 19.5. The Labute approximate surface area is 165 Å². The Balaban J connectivity index is 1.53. The minimum atomic E-state index is -0.330. The molecule has 28 heavy (non-hydrogen) atoms. The van der Waals surface area contributed by atoms with Crippen molar-refractivity contribution in [2.24, 2.45) is 0 Å². The summed E-state index contributed by atoms with van der Waals surface area (Å²) in [6.45, 7) is 0.367. The lowest BCUT2D eigenvalue weighted by Gasteiger charge is -2.11. The maximum atomic E-state index is 12.6. The molecule has 0 fully saturated rings. The third kappa shape index (κ3) is 3.79. The van der Waals surface area contributed by atoms with Gasteiger partial charge in [0.1, 0.15) is 12.4 Å². The van der Waals surface area contributed by atoms with Crippen molar-refractivity contribution in [1.82, 2.24) is 19.3 Å². The third-order valence-electron chi connectivity index (χ3n) is 4.28. The number of hydrogen-bond donors (Lipinski definition) is 1. The smallest absolute Gasteiger partial charge is 0.269 e. The van der Waals surface area contributed by atoms with Gasteiger partial charge in [-0.25, -0.2) is 9.67 Å². The molecule has 8 heteroatoms. The summed E-state index contributed by atoms with van der Waals surface area (Å²) in [6, 6.07) is 16.3. The van der Waals surface area contributed by atoms with Gasteiger partial charge >= 0.3 is 0 Å². The monoisotopic (exact) mass is 393 g/mol. The van der Waals surface area contributed by atoms with Crippen LogP contribution in [0.4, 0.5) is 5.82 Å². The summed E-state index contributed by atoms with van der Waals surface area (Å²) >= 11 is 5.91. The fraction of sp³-hybridized carbons (Fsp3) is 0.100. The molecule has 1 N–H and O–H groups in total. The maximum absolute atomic E-state index is 12.6. The predicted octanol–water partition coefficient (Wildman–Crippen LogP) is 2.93. The molecule has 0 aliphatic rings. The van der Waals surface area contributed by atoms with E-state index in [2.05, 4.69) is 15.4 Å². The molecule has 0 unspecified atom stereocenters. The van der Waals surface area contributed by atoms with Crippen molar-refractivity contribution in [3.63, 3.8) is 0 Å². The van der Waals surface area contributed by atoms with Crippen molar-refractivity contribution in [1.29, 1.82) is 0 Å². The number of carbonyl (C=O) groups is 1. The van der Waals surface area contributed by atoms with Gasteiger partial charge in [0.2, 0.25) is 5.91 Å². The largest absolute Gasteiger partial charge is 0.309 e. The van der Waals surface area contributed by atoms with Crippen LogP contribution in [0.3, 0.4) is 0 Å². The zero-order valence-electron chi connectivity index (χ0n) is 14.7. The Morgan fingerprint density at radius 3 is 2.68 bits per heavy atom. The van der Waals surface area contributed by atoms with Crippen LogP contribution in [0.2, 0.25) is 5.02 Å². The Morgan fingerprint density at radius 2 is 1.86 bits per heavy atom. The Morgan fingerprint density at radius 1 is 1.07 bits per heavy atom. The highest BCUT2D eigenvalue weighted by Gasteiger charge is 2.11. The van der Waals surface area contributed by atoms with E-state index in [1.54, 1.807) is 47.3 Å². The average molecular weight is 394 g/mol. The summed E-state index contributed by atoms with van der Waals surface area (Å²) in [7, 11) is 0. The van der Waals surface area contributed by atoms with Crippen LogP contribution in [0.25, 0.3) is 11.0 Å². The molecule has 0 aliphatic carbocycles. The molecule has 140 valence electrons. The predicted molar refractivity (Wildman–Crippen MR) is 107 cm³/mol. The number of benzene rings is 2. The summed E-state index contributed by atoms with van der Waals surface area (Å²) in [5, 5.41) is 7.73. The van der Waals surface area contributed by atoms with Crippen LogP contribution < -0.4 is 10.9 Å². The first-order valence-electron chi connectivity index (χ1n) is 8.61. The molecule has 0 aliphatic heterocycles.